The monoisotopic (exact) mass is 246 g/mol. The van der Waals surface area contributed by atoms with Crippen LogP contribution in [-0.2, 0) is 19.1 Å². The van der Waals surface area contributed by atoms with Gasteiger partial charge in [-0.3, -0.25) is 9.59 Å². The largest absolute Gasteiger partial charge is 0.466 e. The Hall–Kier alpha value is -1.10. The van der Waals surface area contributed by atoms with Crippen LogP contribution >= 0.6 is 0 Å². The van der Waals surface area contributed by atoms with E-state index in [0.717, 1.165) is 0 Å². The lowest BCUT2D eigenvalue weighted by molar-refractivity contribution is -0.152. The molecule has 0 saturated heterocycles. The fraction of sp³-hybridized carbons (Fsp3) is 0.833. The summed E-state index contributed by atoms with van der Waals surface area (Å²) < 4.78 is 9.63. The second-order valence-electron chi connectivity index (χ2n) is 3.80. The van der Waals surface area contributed by atoms with Crippen LogP contribution in [0.25, 0.3) is 0 Å². The number of esters is 2. The summed E-state index contributed by atoms with van der Waals surface area (Å²) in [6.45, 7) is 5.66. The van der Waals surface area contributed by atoms with Gasteiger partial charge in [0, 0.05) is 6.42 Å². The summed E-state index contributed by atoms with van der Waals surface area (Å²) in [5.41, 5.74) is 0. The molecule has 0 radical (unpaired) electrons. The molecule has 0 aliphatic heterocycles. The molecule has 0 rings (SSSR count). The molecule has 0 spiro atoms. The van der Waals surface area contributed by atoms with Gasteiger partial charge in [0.15, 0.2) is 0 Å². The summed E-state index contributed by atoms with van der Waals surface area (Å²) in [7, 11) is 0. The second-order valence-corrected chi connectivity index (χ2v) is 3.80. The zero-order valence-corrected chi connectivity index (χ0v) is 10.8. The third-order valence-electron chi connectivity index (χ3n) is 2.37. The molecule has 0 saturated carbocycles. The first kappa shape index (κ1) is 15.9. The van der Waals surface area contributed by atoms with Crippen LogP contribution in [0.3, 0.4) is 0 Å². The zero-order valence-electron chi connectivity index (χ0n) is 10.8. The van der Waals surface area contributed by atoms with Gasteiger partial charge in [-0.05, 0) is 33.6 Å². The minimum atomic E-state index is -0.767. The van der Waals surface area contributed by atoms with E-state index in [1.54, 1.807) is 20.8 Å². The zero-order chi connectivity index (χ0) is 13.3. The maximum absolute atomic E-state index is 11.5. The van der Waals surface area contributed by atoms with Gasteiger partial charge in [0.2, 0.25) is 0 Å². The molecular formula is C12H22O5. The fourth-order valence-corrected chi connectivity index (χ4v) is 1.50. The summed E-state index contributed by atoms with van der Waals surface area (Å²) in [5.74, 6) is -1.25. The van der Waals surface area contributed by atoms with E-state index < -0.39 is 18.0 Å². The Morgan fingerprint density at radius 1 is 1.18 bits per heavy atom. The number of aliphatic hydroxyl groups is 1. The van der Waals surface area contributed by atoms with Crippen molar-refractivity contribution in [3.8, 4) is 0 Å². The predicted molar refractivity (Wildman–Crippen MR) is 62.3 cm³/mol. The lowest BCUT2D eigenvalue weighted by atomic mass is 9.97. The summed E-state index contributed by atoms with van der Waals surface area (Å²) in [6, 6.07) is 0. The molecule has 0 aromatic rings. The van der Waals surface area contributed by atoms with Crippen molar-refractivity contribution < 1.29 is 24.2 Å². The molecule has 17 heavy (non-hydrogen) atoms. The lowest BCUT2D eigenvalue weighted by Gasteiger charge is -2.17. The number of hydrogen-bond donors (Lipinski definition) is 1. The van der Waals surface area contributed by atoms with Crippen molar-refractivity contribution in [2.24, 2.45) is 5.92 Å². The van der Waals surface area contributed by atoms with Gasteiger partial charge in [0.05, 0.1) is 25.2 Å². The quantitative estimate of drug-likeness (QED) is 0.653. The SMILES string of the molecule is CCOC(=O)CCC[C@@H](C(=O)OCC)[C@H](C)O. The van der Waals surface area contributed by atoms with E-state index in [2.05, 4.69) is 0 Å². The van der Waals surface area contributed by atoms with E-state index in [-0.39, 0.29) is 12.4 Å². The summed E-state index contributed by atoms with van der Waals surface area (Å²) in [6.07, 6.45) is 0.426. The minimum Gasteiger partial charge on any atom is -0.466 e. The normalized spacial score (nSPS) is 13.9. The number of ether oxygens (including phenoxy) is 2. The van der Waals surface area contributed by atoms with E-state index in [1.807, 2.05) is 0 Å². The van der Waals surface area contributed by atoms with Crippen molar-refractivity contribution in [1.82, 2.24) is 0 Å². The van der Waals surface area contributed by atoms with Crippen LogP contribution in [-0.4, -0.2) is 36.4 Å². The molecule has 0 aromatic carbocycles. The van der Waals surface area contributed by atoms with Crippen LogP contribution in [0, 0.1) is 5.92 Å². The van der Waals surface area contributed by atoms with Gasteiger partial charge < -0.3 is 14.6 Å². The molecule has 5 heteroatoms. The highest BCUT2D eigenvalue weighted by Crippen LogP contribution is 2.15. The van der Waals surface area contributed by atoms with Gasteiger partial charge in [0.1, 0.15) is 0 Å². The van der Waals surface area contributed by atoms with E-state index in [1.165, 1.54) is 0 Å². The Labute approximate surface area is 102 Å². The van der Waals surface area contributed by atoms with Gasteiger partial charge in [0.25, 0.3) is 0 Å². The van der Waals surface area contributed by atoms with Crippen LogP contribution in [0.4, 0.5) is 0 Å². The Morgan fingerprint density at radius 2 is 1.76 bits per heavy atom. The highest BCUT2D eigenvalue weighted by atomic mass is 16.5. The molecule has 1 N–H and O–H groups in total. The maximum Gasteiger partial charge on any atom is 0.311 e. The van der Waals surface area contributed by atoms with Crippen molar-refractivity contribution in [1.29, 1.82) is 0 Å². The second kappa shape index (κ2) is 8.98. The standard InChI is InChI=1S/C12H22O5/c1-4-16-11(14)8-6-7-10(9(3)13)12(15)17-5-2/h9-10,13H,4-8H2,1-3H3/t9-,10+/m0/s1. The third-order valence-corrected chi connectivity index (χ3v) is 2.37. The lowest BCUT2D eigenvalue weighted by Crippen LogP contribution is -2.28. The molecule has 0 fully saturated rings. The van der Waals surface area contributed by atoms with Gasteiger partial charge in [-0.2, -0.15) is 0 Å². The smallest absolute Gasteiger partial charge is 0.311 e. The Balaban J connectivity index is 4.01. The molecule has 0 aromatic heterocycles. The number of hydrogen-bond acceptors (Lipinski definition) is 5. The summed E-state index contributed by atoms with van der Waals surface area (Å²) in [4.78, 5) is 22.6. The van der Waals surface area contributed by atoms with Gasteiger partial charge in [-0.25, -0.2) is 0 Å². The third kappa shape index (κ3) is 6.94. The van der Waals surface area contributed by atoms with Crippen molar-refractivity contribution in [2.75, 3.05) is 13.2 Å². The number of carbonyl (C=O) groups excluding carboxylic acids is 2. The van der Waals surface area contributed by atoms with Crippen LogP contribution < -0.4 is 0 Å². The first-order valence-corrected chi connectivity index (χ1v) is 6.03. The van der Waals surface area contributed by atoms with Crippen molar-refractivity contribution >= 4 is 11.9 Å². The molecule has 0 amide bonds. The van der Waals surface area contributed by atoms with Gasteiger partial charge in [-0.1, -0.05) is 0 Å². The predicted octanol–water partition coefficient (Wildman–Crippen LogP) is 1.28. The van der Waals surface area contributed by atoms with Crippen molar-refractivity contribution in [3.63, 3.8) is 0 Å². The Kier molecular flexibility index (Phi) is 8.40. The van der Waals surface area contributed by atoms with E-state index >= 15 is 0 Å². The molecule has 0 unspecified atom stereocenters. The van der Waals surface area contributed by atoms with Gasteiger partial charge >= 0.3 is 11.9 Å². The topological polar surface area (TPSA) is 72.8 Å². The van der Waals surface area contributed by atoms with E-state index in [9.17, 15) is 14.7 Å². The van der Waals surface area contributed by atoms with Crippen LogP contribution in [0.5, 0.6) is 0 Å². The number of rotatable bonds is 8. The molecule has 0 bridgehead atoms. The summed E-state index contributed by atoms with van der Waals surface area (Å²) in [5, 5.41) is 9.46. The average molecular weight is 246 g/mol. The van der Waals surface area contributed by atoms with Crippen LogP contribution in [0.1, 0.15) is 40.0 Å². The van der Waals surface area contributed by atoms with Crippen LogP contribution in [0.15, 0.2) is 0 Å². The Morgan fingerprint density at radius 3 is 2.24 bits per heavy atom. The van der Waals surface area contributed by atoms with Gasteiger partial charge in [-0.15, -0.1) is 0 Å². The van der Waals surface area contributed by atoms with E-state index in [0.29, 0.717) is 26.1 Å². The molecule has 2 atom stereocenters. The van der Waals surface area contributed by atoms with Crippen molar-refractivity contribution in [3.05, 3.63) is 0 Å². The van der Waals surface area contributed by atoms with Crippen molar-refractivity contribution in [2.45, 2.75) is 46.1 Å². The molecular weight excluding hydrogens is 224 g/mol. The highest BCUT2D eigenvalue weighted by molar-refractivity contribution is 5.73. The molecule has 100 valence electrons. The molecule has 5 nitrogen and oxygen atoms in total. The molecule has 0 aliphatic carbocycles. The van der Waals surface area contributed by atoms with Crippen LogP contribution in [0.2, 0.25) is 0 Å². The number of carbonyl (C=O) groups is 2. The first-order valence-electron chi connectivity index (χ1n) is 6.03. The summed E-state index contributed by atoms with van der Waals surface area (Å²) >= 11 is 0. The van der Waals surface area contributed by atoms with E-state index in [4.69, 9.17) is 9.47 Å². The maximum atomic E-state index is 11.5. The minimum absolute atomic E-state index is 0.260. The fourth-order valence-electron chi connectivity index (χ4n) is 1.50. The average Bonchev–Trinajstić information content (AvgIpc) is 2.24. The highest BCUT2D eigenvalue weighted by Gasteiger charge is 2.24. The molecule has 0 heterocycles. The first-order chi connectivity index (χ1) is 8.02. The molecule has 0 aliphatic rings. The number of aliphatic hydroxyl groups excluding tert-OH is 1. The Bertz CT molecular complexity index is 237.